The van der Waals surface area contributed by atoms with Crippen LogP contribution in [0.5, 0.6) is 0 Å². The molecule has 102 valence electrons. The largest absolute Gasteiger partial charge is 0.368 e. The molecule has 5 nitrogen and oxygen atoms in total. The topological polar surface area (TPSA) is 52.7 Å². The molecule has 0 fully saturated rings. The van der Waals surface area contributed by atoms with Crippen LogP contribution in [0.1, 0.15) is 26.3 Å². The molecule has 7 heteroatoms. The number of rotatable bonds is 1. The lowest BCUT2D eigenvalue weighted by Gasteiger charge is -2.21. The molecule has 0 amide bonds. The van der Waals surface area contributed by atoms with Crippen LogP contribution in [0, 0.1) is 5.82 Å². The number of benzene rings is 1. The Kier molecular flexibility index (Phi) is 3.34. The van der Waals surface area contributed by atoms with Crippen LogP contribution in [0.4, 0.5) is 4.39 Å². The van der Waals surface area contributed by atoms with E-state index >= 15 is 0 Å². The van der Waals surface area contributed by atoms with Gasteiger partial charge in [-0.3, -0.25) is 0 Å². The van der Waals surface area contributed by atoms with E-state index in [1.807, 2.05) is 20.8 Å². The third-order valence-corrected chi connectivity index (χ3v) is 3.43. The Morgan fingerprint density at radius 1 is 1.26 bits per heavy atom. The van der Waals surface area contributed by atoms with Crippen molar-refractivity contribution in [2.24, 2.45) is 7.05 Å². The van der Waals surface area contributed by atoms with Crippen LogP contribution in [0.15, 0.2) is 21.4 Å². The van der Waals surface area contributed by atoms with Crippen molar-refractivity contribution in [1.29, 1.82) is 0 Å². The summed E-state index contributed by atoms with van der Waals surface area (Å²) in [5, 5.41) is 7.41. The number of tetrazole rings is 1. The zero-order valence-corrected chi connectivity index (χ0v) is 12.7. The highest BCUT2D eigenvalue weighted by Gasteiger charge is 2.22. The van der Waals surface area contributed by atoms with Gasteiger partial charge in [0.05, 0.1) is 5.69 Å². The summed E-state index contributed by atoms with van der Waals surface area (Å²) in [6.45, 7) is 5.72. The summed E-state index contributed by atoms with van der Waals surface area (Å²) in [6.07, 6.45) is 0. The van der Waals surface area contributed by atoms with E-state index in [0.717, 1.165) is 9.36 Å². The second-order valence-electron chi connectivity index (χ2n) is 5.33. The Labute approximate surface area is 118 Å². The van der Waals surface area contributed by atoms with Crippen molar-refractivity contribution in [2.45, 2.75) is 26.2 Å². The van der Waals surface area contributed by atoms with Gasteiger partial charge in [-0.25, -0.2) is 9.18 Å². The average molecular weight is 329 g/mol. The highest BCUT2D eigenvalue weighted by molar-refractivity contribution is 9.10. The Balaban J connectivity index is 2.72. The van der Waals surface area contributed by atoms with Crippen molar-refractivity contribution in [3.8, 4) is 5.69 Å². The van der Waals surface area contributed by atoms with Gasteiger partial charge in [-0.05, 0) is 49.5 Å². The number of aryl methyl sites for hydroxylation is 1. The van der Waals surface area contributed by atoms with Crippen LogP contribution in [-0.2, 0) is 12.5 Å². The minimum atomic E-state index is -0.382. The van der Waals surface area contributed by atoms with Gasteiger partial charge in [0.15, 0.2) is 0 Å². The van der Waals surface area contributed by atoms with Crippen molar-refractivity contribution >= 4 is 15.9 Å². The van der Waals surface area contributed by atoms with Crippen molar-refractivity contribution in [3.05, 3.63) is 38.5 Å². The molecule has 0 aliphatic rings. The van der Waals surface area contributed by atoms with Gasteiger partial charge in [-0.15, -0.1) is 0 Å². The van der Waals surface area contributed by atoms with Gasteiger partial charge in [0, 0.05) is 11.5 Å². The van der Waals surface area contributed by atoms with E-state index in [9.17, 15) is 9.18 Å². The van der Waals surface area contributed by atoms with Crippen LogP contribution in [0.25, 0.3) is 5.69 Å². The Bertz CT molecular complexity index is 684. The third-order valence-electron chi connectivity index (χ3n) is 2.79. The zero-order chi connectivity index (χ0) is 14.4. The third kappa shape index (κ3) is 2.47. The van der Waals surface area contributed by atoms with E-state index in [4.69, 9.17) is 0 Å². The van der Waals surface area contributed by atoms with E-state index in [0.29, 0.717) is 15.7 Å². The fourth-order valence-corrected chi connectivity index (χ4v) is 2.22. The summed E-state index contributed by atoms with van der Waals surface area (Å²) in [5.41, 5.74) is 0.241. The molecule has 2 rings (SSSR count). The number of hydrogen-bond donors (Lipinski definition) is 0. The van der Waals surface area contributed by atoms with Crippen molar-refractivity contribution < 1.29 is 4.39 Å². The lowest BCUT2D eigenvalue weighted by molar-refractivity contribution is 0.521. The molecule has 0 radical (unpaired) electrons. The Morgan fingerprint density at radius 3 is 2.37 bits per heavy atom. The van der Waals surface area contributed by atoms with Crippen LogP contribution >= 0.6 is 15.9 Å². The first kappa shape index (κ1) is 13.9. The zero-order valence-electron chi connectivity index (χ0n) is 11.1. The molecule has 0 aliphatic carbocycles. The predicted molar refractivity (Wildman–Crippen MR) is 73.0 cm³/mol. The number of halogens is 2. The average Bonchev–Trinajstić information content (AvgIpc) is 2.59. The molecular formula is C12H14BrFN4O. The molecule has 19 heavy (non-hydrogen) atoms. The van der Waals surface area contributed by atoms with E-state index in [1.54, 1.807) is 6.07 Å². The summed E-state index contributed by atoms with van der Waals surface area (Å²) < 4.78 is 16.7. The van der Waals surface area contributed by atoms with E-state index < -0.39 is 0 Å². The van der Waals surface area contributed by atoms with Crippen molar-refractivity contribution in [3.63, 3.8) is 0 Å². The first-order chi connectivity index (χ1) is 8.71. The van der Waals surface area contributed by atoms with E-state index in [-0.39, 0.29) is 16.9 Å². The number of nitrogens with zero attached hydrogens (tertiary/aromatic N) is 4. The van der Waals surface area contributed by atoms with Crippen LogP contribution < -0.4 is 5.69 Å². The molecule has 0 atom stereocenters. The summed E-state index contributed by atoms with van der Waals surface area (Å²) in [4.78, 5) is 11.9. The van der Waals surface area contributed by atoms with Crippen LogP contribution in [0.2, 0.25) is 0 Å². The predicted octanol–water partition coefficient (Wildman–Crippen LogP) is 2.17. The molecule has 0 saturated heterocycles. The first-order valence-electron chi connectivity index (χ1n) is 5.70. The van der Waals surface area contributed by atoms with Gasteiger partial charge in [-0.1, -0.05) is 20.8 Å². The van der Waals surface area contributed by atoms with Crippen LogP contribution in [-0.4, -0.2) is 19.8 Å². The molecule has 0 saturated carbocycles. The SMILES string of the molecule is Cn1nnn(-c2cc(C(C)(C)C)c(F)cc2Br)c1=O. The number of hydrogen-bond acceptors (Lipinski definition) is 3. The molecule has 1 heterocycles. The number of aromatic nitrogens is 4. The van der Waals surface area contributed by atoms with Crippen LogP contribution in [0.3, 0.4) is 0 Å². The second-order valence-corrected chi connectivity index (χ2v) is 6.18. The molecule has 0 N–H and O–H groups in total. The second kappa shape index (κ2) is 4.56. The smallest absolute Gasteiger partial charge is 0.244 e. The molecule has 1 aromatic carbocycles. The minimum Gasteiger partial charge on any atom is -0.244 e. The molecule has 0 unspecified atom stereocenters. The van der Waals surface area contributed by atoms with Crippen molar-refractivity contribution in [1.82, 2.24) is 19.8 Å². The maximum absolute atomic E-state index is 14.0. The molecule has 1 aromatic heterocycles. The molecule has 0 spiro atoms. The maximum atomic E-state index is 14.0. The van der Waals surface area contributed by atoms with Gasteiger partial charge in [0.1, 0.15) is 5.82 Å². The highest BCUT2D eigenvalue weighted by Crippen LogP contribution is 2.30. The fourth-order valence-electron chi connectivity index (χ4n) is 1.74. The van der Waals surface area contributed by atoms with Crippen molar-refractivity contribution in [2.75, 3.05) is 0 Å². The highest BCUT2D eigenvalue weighted by atomic mass is 79.9. The monoisotopic (exact) mass is 328 g/mol. The van der Waals surface area contributed by atoms with Gasteiger partial charge in [-0.2, -0.15) is 9.36 Å². The summed E-state index contributed by atoms with van der Waals surface area (Å²) in [6, 6.07) is 2.96. The minimum absolute atomic E-state index is 0.319. The summed E-state index contributed by atoms with van der Waals surface area (Å²) >= 11 is 3.25. The van der Waals surface area contributed by atoms with E-state index in [2.05, 4.69) is 26.4 Å². The van der Waals surface area contributed by atoms with Gasteiger partial charge < -0.3 is 0 Å². The molecule has 2 aromatic rings. The molecule has 0 bridgehead atoms. The first-order valence-corrected chi connectivity index (χ1v) is 6.50. The van der Waals surface area contributed by atoms with Gasteiger partial charge in [0.25, 0.3) is 0 Å². The summed E-state index contributed by atoms with van der Waals surface area (Å²) in [5.74, 6) is -0.319. The summed E-state index contributed by atoms with van der Waals surface area (Å²) in [7, 11) is 1.51. The van der Waals surface area contributed by atoms with E-state index in [1.165, 1.54) is 13.1 Å². The standard InChI is InChI=1S/C12H14BrFN4O/c1-12(2,3)7-5-10(8(13)6-9(7)14)18-11(19)17(4)15-16-18/h5-6H,1-4H3. The normalized spacial score (nSPS) is 11.9. The van der Waals surface area contributed by atoms with Gasteiger partial charge >= 0.3 is 5.69 Å². The quantitative estimate of drug-likeness (QED) is 0.806. The Morgan fingerprint density at radius 2 is 1.89 bits per heavy atom. The lowest BCUT2D eigenvalue weighted by Crippen LogP contribution is -2.23. The molecule has 0 aliphatic heterocycles. The fraction of sp³-hybridized carbons (Fsp3) is 0.417. The molecular weight excluding hydrogens is 315 g/mol. The van der Waals surface area contributed by atoms with Gasteiger partial charge in [0.2, 0.25) is 0 Å². The Hall–Kier alpha value is -1.50. The maximum Gasteiger partial charge on any atom is 0.368 e. The lowest BCUT2D eigenvalue weighted by atomic mass is 9.86.